The van der Waals surface area contributed by atoms with Gasteiger partial charge in [0.1, 0.15) is 0 Å². The highest BCUT2D eigenvalue weighted by atomic mass is 19.1. The molecule has 8 heteroatoms. The van der Waals surface area contributed by atoms with Gasteiger partial charge in [-0.3, -0.25) is 4.99 Å². The first-order valence-corrected chi connectivity index (χ1v) is 10.7. The number of halogens is 1. The number of ether oxygens (including phenoxy) is 1. The Hall–Kier alpha value is -3.55. The lowest BCUT2D eigenvalue weighted by atomic mass is 9.91. The SMILES string of the molecule is C=N/C=C(\C=C(/C)F)c1nc(N[C@@H]2CCc3[nH]c4ccccc4c3C2)nc(OC(C)C)n1. The Morgan fingerprint density at radius 3 is 2.88 bits per heavy atom. The van der Waals surface area contributed by atoms with Gasteiger partial charge < -0.3 is 15.0 Å². The van der Waals surface area contributed by atoms with Crippen molar-refractivity contribution in [2.24, 2.45) is 4.99 Å². The molecule has 0 amide bonds. The number of nitrogens with zero attached hydrogens (tertiary/aromatic N) is 4. The van der Waals surface area contributed by atoms with E-state index in [-0.39, 0.29) is 29.8 Å². The van der Waals surface area contributed by atoms with Crippen LogP contribution in [0.2, 0.25) is 0 Å². The van der Waals surface area contributed by atoms with Crippen LogP contribution in [-0.2, 0) is 12.8 Å². The molecule has 3 aromatic rings. The Morgan fingerprint density at radius 2 is 2.12 bits per heavy atom. The van der Waals surface area contributed by atoms with Gasteiger partial charge in [-0.1, -0.05) is 18.2 Å². The number of H-pyrrole nitrogens is 1. The molecule has 0 radical (unpaired) electrons. The van der Waals surface area contributed by atoms with Crippen molar-refractivity contribution in [3.63, 3.8) is 0 Å². The molecular formula is C24H27FN6O. The first-order chi connectivity index (χ1) is 15.4. The lowest BCUT2D eigenvalue weighted by Crippen LogP contribution is -2.28. The molecule has 1 aliphatic rings. The first kappa shape index (κ1) is 21.7. The number of nitrogens with one attached hydrogen (secondary N) is 2. The third-order valence-electron chi connectivity index (χ3n) is 5.23. The Balaban J connectivity index is 1.65. The van der Waals surface area contributed by atoms with Crippen LogP contribution >= 0.6 is 0 Å². The molecule has 0 saturated heterocycles. The fourth-order valence-electron chi connectivity index (χ4n) is 3.96. The van der Waals surface area contributed by atoms with Crippen LogP contribution in [0.25, 0.3) is 16.5 Å². The van der Waals surface area contributed by atoms with E-state index < -0.39 is 0 Å². The number of para-hydroxylation sites is 1. The monoisotopic (exact) mass is 434 g/mol. The van der Waals surface area contributed by atoms with E-state index in [4.69, 9.17) is 4.74 Å². The summed E-state index contributed by atoms with van der Waals surface area (Å²) in [5, 5.41) is 4.69. The number of benzene rings is 1. The second kappa shape index (κ2) is 9.30. The zero-order valence-corrected chi connectivity index (χ0v) is 18.5. The van der Waals surface area contributed by atoms with Gasteiger partial charge in [0, 0.05) is 34.4 Å². The van der Waals surface area contributed by atoms with Crippen LogP contribution in [0, 0.1) is 0 Å². The summed E-state index contributed by atoms with van der Waals surface area (Å²) < 4.78 is 19.3. The molecule has 2 heterocycles. The maximum Gasteiger partial charge on any atom is 0.322 e. The molecule has 0 bridgehead atoms. The summed E-state index contributed by atoms with van der Waals surface area (Å²) >= 11 is 0. The minimum absolute atomic E-state index is 0.120. The Kier molecular flexibility index (Phi) is 6.30. The first-order valence-electron chi connectivity index (χ1n) is 10.7. The molecule has 2 N–H and O–H groups in total. The van der Waals surface area contributed by atoms with Crippen molar-refractivity contribution in [2.75, 3.05) is 5.32 Å². The van der Waals surface area contributed by atoms with Crippen molar-refractivity contribution in [3.05, 3.63) is 59.5 Å². The number of allylic oxidation sites excluding steroid dienone is 3. The zero-order chi connectivity index (χ0) is 22.7. The zero-order valence-electron chi connectivity index (χ0n) is 18.5. The molecule has 0 unspecified atom stereocenters. The number of aromatic amines is 1. The molecule has 32 heavy (non-hydrogen) atoms. The van der Waals surface area contributed by atoms with Crippen LogP contribution in [0.4, 0.5) is 10.3 Å². The normalized spacial score (nSPS) is 16.8. The van der Waals surface area contributed by atoms with Crippen LogP contribution in [0.5, 0.6) is 6.01 Å². The predicted octanol–water partition coefficient (Wildman–Crippen LogP) is 5.02. The number of fused-ring (bicyclic) bond motifs is 3. The van der Waals surface area contributed by atoms with Crippen LogP contribution in [0.15, 0.2) is 47.4 Å². The average Bonchev–Trinajstić information content (AvgIpc) is 3.10. The van der Waals surface area contributed by atoms with E-state index in [9.17, 15) is 4.39 Å². The highest BCUT2D eigenvalue weighted by molar-refractivity contribution is 5.85. The summed E-state index contributed by atoms with van der Waals surface area (Å²) in [6.45, 7) is 8.60. The molecule has 1 atom stereocenters. The van der Waals surface area contributed by atoms with Crippen molar-refractivity contribution < 1.29 is 9.13 Å². The van der Waals surface area contributed by atoms with Crippen LogP contribution in [0.1, 0.15) is 44.3 Å². The van der Waals surface area contributed by atoms with Crippen LogP contribution in [-0.4, -0.2) is 38.8 Å². The van der Waals surface area contributed by atoms with Gasteiger partial charge >= 0.3 is 6.01 Å². The van der Waals surface area contributed by atoms with Gasteiger partial charge in [0.05, 0.1) is 11.9 Å². The van der Waals surface area contributed by atoms with Gasteiger partial charge in [-0.05, 0) is 64.5 Å². The number of hydrogen-bond donors (Lipinski definition) is 2. The molecule has 0 saturated carbocycles. The summed E-state index contributed by atoms with van der Waals surface area (Å²) in [4.78, 5) is 20.6. The molecule has 1 aliphatic carbocycles. The van der Waals surface area contributed by atoms with Crippen LogP contribution < -0.4 is 10.1 Å². The topological polar surface area (TPSA) is 88.1 Å². The highest BCUT2D eigenvalue weighted by Gasteiger charge is 2.23. The van der Waals surface area contributed by atoms with Crippen molar-refractivity contribution >= 4 is 29.1 Å². The Bertz CT molecular complexity index is 1190. The van der Waals surface area contributed by atoms with Gasteiger partial charge in [-0.2, -0.15) is 15.0 Å². The Morgan fingerprint density at radius 1 is 1.31 bits per heavy atom. The molecule has 166 valence electrons. The summed E-state index contributed by atoms with van der Waals surface area (Å²) in [5.74, 6) is 0.269. The lowest BCUT2D eigenvalue weighted by Gasteiger charge is -2.24. The van der Waals surface area contributed by atoms with E-state index >= 15 is 0 Å². The maximum atomic E-state index is 13.6. The minimum Gasteiger partial charge on any atom is -0.461 e. The van der Waals surface area contributed by atoms with Crippen molar-refractivity contribution in [3.8, 4) is 6.01 Å². The van der Waals surface area contributed by atoms with E-state index in [1.165, 1.54) is 35.8 Å². The second-order valence-electron chi connectivity index (χ2n) is 8.14. The van der Waals surface area contributed by atoms with Gasteiger partial charge in [0.15, 0.2) is 5.82 Å². The van der Waals surface area contributed by atoms with Crippen molar-refractivity contribution in [1.82, 2.24) is 19.9 Å². The van der Waals surface area contributed by atoms with E-state index in [2.05, 4.69) is 55.2 Å². The molecule has 0 spiro atoms. The highest BCUT2D eigenvalue weighted by Crippen LogP contribution is 2.30. The Labute approximate surface area is 186 Å². The van der Waals surface area contributed by atoms with E-state index in [0.717, 1.165) is 24.8 Å². The largest absolute Gasteiger partial charge is 0.461 e. The smallest absolute Gasteiger partial charge is 0.322 e. The lowest BCUT2D eigenvalue weighted by molar-refractivity contribution is 0.221. The summed E-state index contributed by atoms with van der Waals surface area (Å²) in [6, 6.07) is 8.67. The fourth-order valence-corrected chi connectivity index (χ4v) is 3.96. The third-order valence-corrected chi connectivity index (χ3v) is 5.23. The number of aliphatic imine (C=N–C) groups is 1. The van der Waals surface area contributed by atoms with Gasteiger partial charge in [0.2, 0.25) is 5.95 Å². The van der Waals surface area contributed by atoms with Crippen LogP contribution in [0.3, 0.4) is 0 Å². The number of rotatable bonds is 7. The standard InChI is InChI=1S/C24H27FN6O/c1-14(2)32-24-30-22(16(13-26-4)11-15(3)25)29-23(31-24)27-17-9-10-21-19(12-17)18-7-5-6-8-20(18)28-21/h5-8,11,13-14,17,28H,4,9-10,12H2,1-3H3,(H,27,29,30,31)/b15-11+,16-13+/t17-/m1/s1. The molecule has 7 nitrogen and oxygen atoms in total. The molecule has 1 aromatic carbocycles. The quantitative estimate of drug-likeness (QED) is 0.402. The van der Waals surface area contributed by atoms with Crippen molar-refractivity contribution in [2.45, 2.75) is 52.2 Å². The number of aromatic nitrogens is 4. The summed E-state index contributed by atoms with van der Waals surface area (Å²) in [7, 11) is 0. The van der Waals surface area contributed by atoms with E-state index in [1.54, 1.807) is 0 Å². The predicted molar refractivity (Wildman–Crippen MR) is 126 cm³/mol. The number of hydrogen-bond acceptors (Lipinski definition) is 6. The molecule has 4 rings (SSSR count). The number of anilines is 1. The maximum absolute atomic E-state index is 13.6. The van der Waals surface area contributed by atoms with Gasteiger partial charge in [-0.25, -0.2) is 4.39 Å². The third kappa shape index (κ3) is 4.85. The minimum atomic E-state index is -0.389. The number of aryl methyl sites for hydroxylation is 1. The average molecular weight is 435 g/mol. The molecule has 2 aromatic heterocycles. The van der Waals surface area contributed by atoms with Gasteiger partial charge in [-0.15, -0.1) is 0 Å². The van der Waals surface area contributed by atoms with Crippen molar-refractivity contribution in [1.29, 1.82) is 0 Å². The molecular weight excluding hydrogens is 407 g/mol. The van der Waals surface area contributed by atoms with E-state index in [0.29, 0.717) is 11.5 Å². The van der Waals surface area contributed by atoms with E-state index in [1.807, 2.05) is 19.9 Å². The molecule has 0 aliphatic heterocycles. The van der Waals surface area contributed by atoms with Gasteiger partial charge in [0.25, 0.3) is 0 Å². The summed E-state index contributed by atoms with van der Waals surface area (Å²) in [6.07, 6.45) is 5.32. The summed E-state index contributed by atoms with van der Waals surface area (Å²) in [5.41, 5.74) is 4.16. The molecule has 0 fully saturated rings. The fraction of sp³-hybridized carbons (Fsp3) is 0.333. The second-order valence-corrected chi connectivity index (χ2v) is 8.14.